The number of rotatable bonds is 7. The molecule has 2 aliphatic heterocycles. The topological polar surface area (TPSA) is 104 Å². The summed E-state index contributed by atoms with van der Waals surface area (Å²) in [5.41, 5.74) is 0.379. The van der Waals surface area contributed by atoms with Gasteiger partial charge in [-0.3, -0.25) is 4.79 Å². The number of aliphatic hydroxyl groups is 1. The number of fused-ring (bicyclic) bond motifs is 1. The normalized spacial score (nSPS) is 21.7. The maximum absolute atomic E-state index is 12.9. The smallest absolute Gasteiger partial charge is 0.255 e. The molecule has 1 saturated heterocycles. The lowest BCUT2D eigenvalue weighted by Crippen LogP contribution is -2.47. The van der Waals surface area contributed by atoms with E-state index in [4.69, 9.17) is 19.5 Å². The second-order valence-electron chi connectivity index (χ2n) is 7.44. The number of aliphatic hydroxyl groups excluding tert-OH is 1. The molecule has 8 heteroatoms. The Labute approximate surface area is 171 Å². The predicted molar refractivity (Wildman–Crippen MR) is 106 cm³/mol. The van der Waals surface area contributed by atoms with Gasteiger partial charge in [0.05, 0.1) is 38.1 Å². The van der Waals surface area contributed by atoms with E-state index in [9.17, 15) is 9.90 Å². The predicted octanol–water partition coefficient (Wildman–Crippen LogP) is 1.57. The second kappa shape index (κ2) is 10.3. The quantitative estimate of drug-likeness (QED) is 0.666. The third-order valence-corrected chi connectivity index (χ3v) is 5.39. The molecule has 0 bridgehead atoms. The van der Waals surface area contributed by atoms with Gasteiger partial charge in [0.15, 0.2) is 11.5 Å². The molecule has 1 aromatic rings. The van der Waals surface area contributed by atoms with E-state index in [1.54, 1.807) is 19.2 Å². The van der Waals surface area contributed by atoms with Crippen LogP contribution in [0, 0.1) is 17.2 Å². The van der Waals surface area contributed by atoms with Crippen molar-refractivity contribution in [3.8, 4) is 23.3 Å². The number of piperidine rings is 1. The van der Waals surface area contributed by atoms with Gasteiger partial charge < -0.3 is 29.5 Å². The molecular weight excluding hydrogens is 374 g/mol. The molecule has 0 unspecified atom stereocenters. The average molecular weight is 403 g/mol. The Morgan fingerprint density at radius 1 is 1.41 bits per heavy atom. The number of unbranched alkanes of at least 4 members (excludes halogenated alkanes) is 1. The Balaban J connectivity index is 1.59. The highest BCUT2D eigenvalue weighted by atomic mass is 16.5. The summed E-state index contributed by atoms with van der Waals surface area (Å²) < 4.78 is 16.7. The van der Waals surface area contributed by atoms with E-state index in [0.717, 1.165) is 32.4 Å². The SMILES string of the molecule is COc1cc2c(c(C(=O)NC[C@@H]3CCN(CCCC#N)C[C@H]3O)c1)OCCCO2. The summed E-state index contributed by atoms with van der Waals surface area (Å²) in [4.78, 5) is 15.0. The van der Waals surface area contributed by atoms with Crippen molar-refractivity contribution in [3.05, 3.63) is 17.7 Å². The minimum Gasteiger partial charge on any atom is -0.497 e. The number of nitrogens with one attached hydrogen (secondary N) is 1. The van der Waals surface area contributed by atoms with Crippen molar-refractivity contribution >= 4 is 5.91 Å². The zero-order chi connectivity index (χ0) is 20.6. The van der Waals surface area contributed by atoms with Gasteiger partial charge in [-0.05, 0) is 32.0 Å². The van der Waals surface area contributed by atoms with Crippen molar-refractivity contribution in [3.63, 3.8) is 0 Å². The Bertz CT molecular complexity index is 749. The zero-order valence-corrected chi connectivity index (χ0v) is 16.9. The van der Waals surface area contributed by atoms with Crippen LogP contribution >= 0.6 is 0 Å². The summed E-state index contributed by atoms with van der Waals surface area (Å²) in [5, 5.41) is 22.1. The maximum Gasteiger partial charge on any atom is 0.255 e. The third-order valence-electron chi connectivity index (χ3n) is 5.39. The van der Waals surface area contributed by atoms with Gasteiger partial charge in [0.1, 0.15) is 5.75 Å². The summed E-state index contributed by atoms with van der Waals surface area (Å²) >= 11 is 0. The van der Waals surface area contributed by atoms with E-state index in [2.05, 4.69) is 16.3 Å². The first kappa shape index (κ1) is 21.2. The number of likely N-dealkylation sites (tertiary alicyclic amines) is 1. The number of hydrogen-bond acceptors (Lipinski definition) is 7. The highest BCUT2D eigenvalue weighted by Gasteiger charge is 2.29. The summed E-state index contributed by atoms with van der Waals surface area (Å²) in [5.74, 6) is 1.21. The molecule has 2 atom stereocenters. The van der Waals surface area contributed by atoms with Crippen molar-refractivity contribution in [1.82, 2.24) is 10.2 Å². The first-order valence-corrected chi connectivity index (χ1v) is 10.2. The minimum absolute atomic E-state index is 0.00690. The molecule has 29 heavy (non-hydrogen) atoms. The highest BCUT2D eigenvalue weighted by Crippen LogP contribution is 2.37. The number of ether oxygens (including phenoxy) is 3. The van der Waals surface area contributed by atoms with Crippen LogP contribution < -0.4 is 19.5 Å². The molecule has 0 spiro atoms. The zero-order valence-electron chi connectivity index (χ0n) is 16.9. The number of hydrogen-bond donors (Lipinski definition) is 2. The second-order valence-corrected chi connectivity index (χ2v) is 7.44. The fourth-order valence-electron chi connectivity index (χ4n) is 3.72. The van der Waals surface area contributed by atoms with Gasteiger partial charge in [-0.2, -0.15) is 5.26 Å². The van der Waals surface area contributed by atoms with Crippen LogP contribution in [-0.4, -0.2) is 68.5 Å². The summed E-state index contributed by atoms with van der Waals surface area (Å²) in [6.07, 6.45) is 2.38. The van der Waals surface area contributed by atoms with Crippen LogP contribution in [0.5, 0.6) is 17.2 Å². The lowest BCUT2D eigenvalue weighted by atomic mass is 9.93. The van der Waals surface area contributed by atoms with Crippen molar-refractivity contribution < 1.29 is 24.1 Å². The van der Waals surface area contributed by atoms with Gasteiger partial charge in [0.25, 0.3) is 5.91 Å². The van der Waals surface area contributed by atoms with Crippen LogP contribution in [0.1, 0.15) is 36.0 Å². The number of β-amino-alcohol motifs (C(OH)–C–C–N with tert-alkyl or cyclic N) is 1. The third kappa shape index (κ3) is 5.52. The summed E-state index contributed by atoms with van der Waals surface area (Å²) in [6.45, 7) is 3.64. The van der Waals surface area contributed by atoms with Crippen molar-refractivity contribution in [1.29, 1.82) is 5.26 Å². The van der Waals surface area contributed by atoms with Gasteiger partial charge in [-0.1, -0.05) is 0 Å². The fourth-order valence-corrected chi connectivity index (χ4v) is 3.72. The number of carbonyl (C=O) groups excluding carboxylic acids is 1. The number of carbonyl (C=O) groups is 1. The summed E-state index contributed by atoms with van der Waals surface area (Å²) in [6, 6.07) is 5.52. The van der Waals surface area contributed by atoms with Gasteiger partial charge in [0, 0.05) is 37.9 Å². The standard InChI is InChI=1S/C21H29N3O5/c1-27-16-11-17(20-19(12-16)28-9-4-10-29-20)21(26)23-13-15-5-8-24(14-18(15)25)7-3-2-6-22/h11-12,15,18,25H,2-5,7-10,13-14H2,1H3,(H,23,26)/t15-,18+/m0/s1. The molecule has 2 aliphatic rings. The first-order valence-electron chi connectivity index (χ1n) is 10.2. The van der Waals surface area contributed by atoms with E-state index in [0.29, 0.717) is 55.5 Å². The molecule has 8 nitrogen and oxygen atoms in total. The molecular formula is C21H29N3O5. The van der Waals surface area contributed by atoms with Gasteiger partial charge >= 0.3 is 0 Å². The lowest BCUT2D eigenvalue weighted by Gasteiger charge is -2.36. The van der Waals surface area contributed by atoms with Crippen LogP contribution in [0.4, 0.5) is 0 Å². The number of methoxy groups -OCH3 is 1. The van der Waals surface area contributed by atoms with Crippen molar-refractivity contribution in [2.45, 2.75) is 31.8 Å². The van der Waals surface area contributed by atoms with Crippen molar-refractivity contribution in [2.75, 3.05) is 46.5 Å². The van der Waals surface area contributed by atoms with Crippen LogP contribution in [0.25, 0.3) is 0 Å². The van der Waals surface area contributed by atoms with Crippen LogP contribution in [0.15, 0.2) is 12.1 Å². The van der Waals surface area contributed by atoms with Gasteiger partial charge in [-0.25, -0.2) is 0 Å². The lowest BCUT2D eigenvalue weighted by molar-refractivity contribution is 0.0219. The van der Waals surface area contributed by atoms with E-state index in [1.807, 2.05) is 0 Å². The van der Waals surface area contributed by atoms with Gasteiger partial charge in [-0.15, -0.1) is 0 Å². The fraction of sp³-hybridized carbons (Fsp3) is 0.619. The Hall–Kier alpha value is -2.50. The average Bonchev–Trinajstić information content (AvgIpc) is 2.97. The minimum atomic E-state index is -0.506. The molecule has 1 aromatic carbocycles. The molecule has 1 amide bonds. The number of nitrogens with zero attached hydrogens (tertiary/aromatic N) is 2. The van der Waals surface area contributed by atoms with E-state index >= 15 is 0 Å². The Morgan fingerprint density at radius 3 is 3.00 bits per heavy atom. The molecule has 0 radical (unpaired) electrons. The van der Waals surface area contributed by atoms with Gasteiger partial charge in [0.2, 0.25) is 0 Å². The number of nitriles is 1. The molecule has 0 aromatic heterocycles. The van der Waals surface area contributed by atoms with E-state index in [1.165, 1.54) is 0 Å². The monoisotopic (exact) mass is 403 g/mol. The van der Waals surface area contributed by atoms with Crippen LogP contribution in [0.2, 0.25) is 0 Å². The molecule has 1 fully saturated rings. The maximum atomic E-state index is 12.9. The van der Waals surface area contributed by atoms with Crippen molar-refractivity contribution in [2.24, 2.45) is 5.92 Å². The van der Waals surface area contributed by atoms with E-state index in [-0.39, 0.29) is 11.8 Å². The van der Waals surface area contributed by atoms with Crippen LogP contribution in [-0.2, 0) is 0 Å². The molecule has 158 valence electrons. The Morgan fingerprint density at radius 2 is 2.24 bits per heavy atom. The molecule has 0 aliphatic carbocycles. The Kier molecular flexibility index (Phi) is 7.55. The summed E-state index contributed by atoms with van der Waals surface area (Å²) in [7, 11) is 1.54. The largest absolute Gasteiger partial charge is 0.497 e. The number of amides is 1. The molecule has 3 rings (SSSR count). The molecule has 2 N–H and O–H groups in total. The van der Waals surface area contributed by atoms with E-state index < -0.39 is 6.10 Å². The highest BCUT2D eigenvalue weighted by molar-refractivity contribution is 5.98. The number of benzene rings is 1. The molecule has 2 heterocycles. The van der Waals surface area contributed by atoms with Crippen LogP contribution in [0.3, 0.4) is 0 Å². The first-order chi connectivity index (χ1) is 14.1. The molecule has 0 saturated carbocycles.